The summed E-state index contributed by atoms with van der Waals surface area (Å²) in [4.78, 5) is 33.2. The average molecular weight is 232 g/mol. The molecule has 7 heteroatoms. The second-order valence-electron chi connectivity index (χ2n) is 3.77. The maximum atomic E-state index is 11.4. The molecule has 7 nitrogen and oxygen atoms in total. The number of rotatable bonds is 5. The van der Waals surface area contributed by atoms with Gasteiger partial charge >= 0.3 is 5.97 Å². The molecule has 0 heterocycles. The van der Waals surface area contributed by atoms with Gasteiger partial charge in [-0.1, -0.05) is 13.8 Å². The van der Waals surface area contributed by atoms with Gasteiger partial charge in [0.2, 0.25) is 0 Å². The number of hydrazine groups is 1. The molecular weight excluding hydrogens is 216 g/mol. The summed E-state index contributed by atoms with van der Waals surface area (Å²) in [5, 5.41) is 10.1. The van der Waals surface area contributed by atoms with E-state index in [9.17, 15) is 19.7 Å². The van der Waals surface area contributed by atoms with Crippen LogP contribution in [0, 0.1) is 16.0 Å². The smallest absolute Gasteiger partial charge is 0.335 e. The molecule has 0 fully saturated rings. The van der Waals surface area contributed by atoms with Crippen LogP contribution in [-0.2, 0) is 14.3 Å². The predicted octanol–water partition coefficient (Wildman–Crippen LogP) is 0.614. The second kappa shape index (κ2) is 6.04. The van der Waals surface area contributed by atoms with Gasteiger partial charge in [0.15, 0.2) is 11.1 Å². The zero-order chi connectivity index (χ0) is 12.9. The summed E-state index contributed by atoms with van der Waals surface area (Å²) in [6.45, 7) is 4.64. The van der Waals surface area contributed by atoms with Gasteiger partial charge in [0.25, 0.3) is 5.91 Å². The molecule has 92 valence electrons. The number of nitro groups is 1. The lowest BCUT2D eigenvalue weighted by Gasteiger charge is -2.21. The summed E-state index contributed by atoms with van der Waals surface area (Å²) >= 11 is 0. The average Bonchev–Trinajstić information content (AvgIpc) is 2.13. The third-order valence-corrected chi connectivity index (χ3v) is 1.96. The number of carbonyl (C=O) groups is 2. The van der Waals surface area contributed by atoms with Crippen molar-refractivity contribution in [3.63, 3.8) is 0 Å². The monoisotopic (exact) mass is 232 g/mol. The second-order valence-corrected chi connectivity index (χ2v) is 3.77. The number of esters is 1. The van der Waals surface area contributed by atoms with Crippen molar-refractivity contribution in [2.24, 2.45) is 5.92 Å². The van der Waals surface area contributed by atoms with Crippen LogP contribution >= 0.6 is 0 Å². The van der Waals surface area contributed by atoms with E-state index in [1.165, 1.54) is 0 Å². The van der Waals surface area contributed by atoms with Crippen molar-refractivity contribution in [2.45, 2.75) is 33.2 Å². The maximum absolute atomic E-state index is 11.4. The largest absolute Gasteiger partial charge is 0.467 e. The molecule has 0 rings (SSSR count). The Morgan fingerprint density at radius 3 is 2.19 bits per heavy atom. The molecule has 1 amide bonds. The fourth-order valence-electron chi connectivity index (χ4n) is 1.33. The Kier molecular flexibility index (Phi) is 5.41. The highest BCUT2D eigenvalue weighted by Gasteiger charge is 2.37. The van der Waals surface area contributed by atoms with Gasteiger partial charge in [0.1, 0.15) is 0 Å². The van der Waals surface area contributed by atoms with Crippen LogP contribution < -0.4 is 0 Å². The lowest BCUT2D eigenvalue weighted by atomic mass is 10.0. The summed E-state index contributed by atoms with van der Waals surface area (Å²) in [5.41, 5.74) is 0. The third kappa shape index (κ3) is 3.84. The van der Waals surface area contributed by atoms with Crippen LogP contribution in [0.5, 0.6) is 0 Å². The zero-order valence-corrected chi connectivity index (χ0v) is 9.80. The van der Waals surface area contributed by atoms with Crippen LogP contribution in [0.15, 0.2) is 0 Å². The first-order chi connectivity index (χ1) is 7.31. The van der Waals surface area contributed by atoms with E-state index in [-0.39, 0.29) is 12.3 Å². The molecule has 0 spiro atoms. The van der Waals surface area contributed by atoms with Gasteiger partial charge in [-0.3, -0.25) is 4.79 Å². The molecule has 0 aromatic rings. The first-order valence-corrected chi connectivity index (χ1v) is 4.83. The minimum absolute atomic E-state index is 0.0332. The molecule has 0 aliphatic carbocycles. The SMILES string of the molecule is COC(=O)[C@H](CC(C)C)N(C(C)=O)[N+](=O)[O-]. The summed E-state index contributed by atoms with van der Waals surface area (Å²) in [7, 11) is 1.13. The molecule has 0 radical (unpaired) electrons. The van der Waals surface area contributed by atoms with Crippen LogP contribution in [-0.4, -0.2) is 35.1 Å². The van der Waals surface area contributed by atoms with Crippen molar-refractivity contribution in [3.05, 3.63) is 10.1 Å². The Bertz CT molecular complexity index is 276. The molecule has 0 aliphatic heterocycles. The molecule has 0 saturated heterocycles. The first kappa shape index (κ1) is 14.3. The van der Waals surface area contributed by atoms with Gasteiger partial charge in [0.05, 0.1) is 7.11 Å². The number of nitrogens with zero attached hydrogens (tertiary/aromatic N) is 2. The van der Waals surface area contributed by atoms with Crippen molar-refractivity contribution >= 4 is 11.9 Å². The van der Waals surface area contributed by atoms with Gasteiger partial charge in [-0.15, -0.1) is 0 Å². The van der Waals surface area contributed by atoms with E-state index in [0.29, 0.717) is 5.01 Å². The molecule has 0 aromatic heterocycles. The Morgan fingerprint density at radius 1 is 1.44 bits per heavy atom. The molecule has 0 bridgehead atoms. The van der Waals surface area contributed by atoms with Crippen LogP contribution in [0.4, 0.5) is 0 Å². The number of hydrogen-bond donors (Lipinski definition) is 0. The number of hydrogen-bond acceptors (Lipinski definition) is 5. The lowest BCUT2D eigenvalue weighted by molar-refractivity contribution is -0.640. The molecule has 0 N–H and O–H groups in total. The summed E-state index contributed by atoms with van der Waals surface area (Å²) < 4.78 is 4.46. The number of carbonyl (C=O) groups excluding carboxylic acids is 2. The van der Waals surface area contributed by atoms with Crippen LogP contribution in [0.25, 0.3) is 0 Å². The normalized spacial score (nSPS) is 12.1. The lowest BCUT2D eigenvalue weighted by Crippen LogP contribution is -2.48. The van der Waals surface area contributed by atoms with Crippen LogP contribution in [0.1, 0.15) is 27.2 Å². The standard InChI is InChI=1S/C9H16N2O5/c1-6(2)5-8(9(13)16-4)10(7(3)12)11(14)15/h6,8H,5H2,1-4H3/t8-/m0/s1. The van der Waals surface area contributed by atoms with Gasteiger partial charge in [-0.25, -0.2) is 14.9 Å². The molecule has 0 unspecified atom stereocenters. The summed E-state index contributed by atoms with van der Waals surface area (Å²) in [6, 6.07) is -1.17. The highest BCUT2D eigenvalue weighted by Crippen LogP contribution is 2.13. The fraction of sp³-hybridized carbons (Fsp3) is 0.778. The van der Waals surface area contributed by atoms with Crippen molar-refractivity contribution < 1.29 is 19.4 Å². The molecular formula is C9H16N2O5. The summed E-state index contributed by atoms with van der Waals surface area (Å²) in [6.07, 6.45) is 0.188. The van der Waals surface area contributed by atoms with Crippen LogP contribution in [0.2, 0.25) is 0 Å². The van der Waals surface area contributed by atoms with Crippen molar-refractivity contribution in [1.29, 1.82) is 0 Å². The fourth-order valence-corrected chi connectivity index (χ4v) is 1.33. The van der Waals surface area contributed by atoms with Gasteiger partial charge in [-0.05, 0) is 17.3 Å². The molecule has 16 heavy (non-hydrogen) atoms. The Hall–Kier alpha value is -1.66. The molecule has 0 saturated carbocycles. The molecule has 0 aromatic carbocycles. The number of ether oxygens (including phenoxy) is 1. The van der Waals surface area contributed by atoms with E-state index in [0.717, 1.165) is 14.0 Å². The number of amides is 1. The zero-order valence-electron chi connectivity index (χ0n) is 9.80. The Labute approximate surface area is 93.5 Å². The first-order valence-electron chi connectivity index (χ1n) is 4.83. The summed E-state index contributed by atoms with van der Waals surface area (Å²) in [5.74, 6) is -1.53. The van der Waals surface area contributed by atoms with Crippen molar-refractivity contribution in [2.75, 3.05) is 7.11 Å². The molecule has 1 atom stereocenters. The van der Waals surface area contributed by atoms with Gasteiger partial charge in [-0.2, -0.15) is 0 Å². The van der Waals surface area contributed by atoms with E-state index < -0.39 is 23.0 Å². The van der Waals surface area contributed by atoms with Gasteiger partial charge < -0.3 is 4.74 Å². The van der Waals surface area contributed by atoms with E-state index in [1.807, 2.05) is 0 Å². The Balaban J connectivity index is 5.03. The highest BCUT2D eigenvalue weighted by atomic mass is 16.7. The third-order valence-electron chi connectivity index (χ3n) is 1.96. The quantitative estimate of drug-likeness (QED) is 0.393. The minimum atomic E-state index is -1.17. The minimum Gasteiger partial charge on any atom is -0.467 e. The van der Waals surface area contributed by atoms with E-state index in [4.69, 9.17) is 0 Å². The predicted molar refractivity (Wildman–Crippen MR) is 54.8 cm³/mol. The van der Waals surface area contributed by atoms with Crippen LogP contribution in [0.3, 0.4) is 0 Å². The van der Waals surface area contributed by atoms with E-state index in [2.05, 4.69) is 4.74 Å². The van der Waals surface area contributed by atoms with E-state index >= 15 is 0 Å². The Morgan fingerprint density at radius 2 is 1.94 bits per heavy atom. The highest BCUT2D eigenvalue weighted by molar-refractivity contribution is 5.82. The topological polar surface area (TPSA) is 89.8 Å². The maximum Gasteiger partial charge on any atom is 0.335 e. The molecule has 0 aliphatic rings. The van der Waals surface area contributed by atoms with Gasteiger partial charge in [0, 0.05) is 6.92 Å². The van der Waals surface area contributed by atoms with Crippen molar-refractivity contribution in [3.8, 4) is 0 Å². The van der Waals surface area contributed by atoms with E-state index in [1.54, 1.807) is 13.8 Å². The van der Waals surface area contributed by atoms with Crippen molar-refractivity contribution in [1.82, 2.24) is 5.01 Å². The number of methoxy groups -OCH3 is 1.